The van der Waals surface area contributed by atoms with Gasteiger partial charge >= 0.3 is 12.0 Å². The quantitative estimate of drug-likeness (QED) is 0.810. The van der Waals surface area contributed by atoms with Crippen molar-refractivity contribution in [3.8, 4) is 0 Å². The van der Waals surface area contributed by atoms with Gasteiger partial charge < -0.3 is 19.8 Å². The van der Waals surface area contributed by atoms with Gasteiger partial charge in [0.05, 0.1) is 18.7 Å². The summed E-state index contributed by atoms with van der Waals surface area (Å²) in [4.78, 5) is 26.3. The molecule has 0 unspecified atom stereocenters. The highest BCUT2D eigenvalue weighted by Crippen LogP contribution is 2.05. The van der Waals surface area contributed by atoms with E-state index in [9.17, 15) is 9.59 Å². The van der Waals surface area contributed by atoms with Gasteiger partial charge in [-0.15, -0.1) is 0 Å². The molecule has 1 aliphatic heterocycles. The largest absolute Gasteiger partial charge is 0.481 e. The minimum Gasteiger partial charge on any atom is -0.481 e. The van der Waals surface area contributed by atoms with E-state index in [0.717, 1.165) is 5.69 Å². The third-order valence-corrected chi connectivity index (χ3v) is 3.39. The number of carbonyl (C=O) groups excluding carboxylic acids is 1. The molecule has 0 aromatic carbocycles. The zero-order valence-corrected chi connectivity index (χ0v) is 12.0. The second-order valence-corrected chi connectivity index (χ2v) is 5.07. The predicted octanol–water partition coefficient (Wildman–Crippen LogP) is 0.285. The topological polar surface area (TPSA) is 98.9 Å². The average Bonchev–Trinajstić information content (AvgIpc) is 2.89. The first-order chi connectivity index (χ1) is 10.0. The summed E-state index contributed by atoms with van der Waals surface area (Å²) in [5, 5.41) is 15.2. The van der Waals surface area contributed by atoms with E-state index < -0.39 is 5.97 Å². The van der Waals surface area contributed by atoms with Crippen molar-refractivity contribution in [2.45, 2.75) is 19.9 Å². The Morgan fingerprint density at radius 1 is 1.38 bits per heavy atom. The lowest BCUT2D eigenvalue weighted by Crippen LogP contribution is -2.51. The number of piperazine rings is 1. The lowest BCUT2D eigenvalue weighted by atomic mass is 10.3. The number of aliphatic carboxylic acids is 1. The second kappa shape index (κ2) is 7.07. The minimum absolute atomic E-state index is 0.136. The van der Waals surface area contributed by atoms with Gasteiger partial charge in [0.15, 0.2) is 5.76 Å². The molecule has 8 nitrogen and oxygen atoms in total. The van der Waals surface area contributed by atoms with E-state index in [0.29, 0.717) is 45.0 Å². The van der Waals surface area contributed by atoms with E-state index in [4.69, 9.17) is 9.63 Å². The molecule has 1 aliphatic rings. The number of carboxylic acids is 1. The number of hydrogen-bond acceptors (Lipinski definition) is 5. The van der Waals surface area contributed by atoms with Crippen molar-refractivity contribution in [2.24, 2.45) is 0 Å². The summed E-state index contributed by atoms with van der Waals surface area (Å²) < 4.78 is 5.03. The van der Waals surface area contributed by atoms with E-state index in [-0.39, 0.29) is 12.5 Å². The highest BCUT2D eigenvalue weighted by atomic mass is 16.5. The zero-order valence-electron chi connectivity index (χ0n) is 12.0. The van der Waals surface area contributed by atoms with Crippen LogP contribution in [0.15, 0.2) is 10.6 Å². The Bertz CT molecular complexity index is 494. The molecule has 0 spiro atoms. The van der Waals surface area contributed by atoms with E-state index >= 15 is 0 Å². The van der Waals surface area contributed by atoms with Gasteiger partial charge in [-0.2, -0.15) is 0 Å². The van der Waals surface area contributed by atoms with Crippen molar-refractivity contribution in [3.05, 3.63) is 17.5 Å². The van der Waals surface area contributed by atoms with Gasteiger partial charge in [-0.25, -0.2) is 4.79 Å². The van der Waals surface area contributed by atoms with Crippen LogP contribution in [0.4, 0.5) is 4.79 Å². The summed E-state index contributed by atoms with van der Waals surface area (Å²) in [6.45, 7) is 5.26. The lowest BCUT2D eigenvalue weighted by Gasteiger charge is -2.34. The van der Waals surface area contributed by atoms with Crippen LogP contribution in [0.1, 0.15) is 17.9 Å². The smallest absolute Gasteiger partial charge is 0.317 e. The van der Waals surface area contributed by atoms with Crippen LogP contribution >= 0.6 is 0 Å². The van der Waals surface area contributed by atoms with E-state index in [1.807, 2.05) is 6.92 Å². The molecule has 2 rings (SSSR count). The van der Waals surface area contributed by atoms with E-state index in [2.05, 4.69) is 15.4 Å². The standard InChI is InChI=1S/C13H20N4O4/c1-10-8-11(21-15-10)9-14-13(20)17-6-4-16(5-7-17)3-2-12(18)19/h8H,2-7,9H2,1H3,(H,14,20)(H,18,19). The molecule has 2 heterocycles. The van der Waals surface area contributed by atoms with Crippen LogP contribution < -0.4 is 5.32 Å². The fourth-order valence-electron chi connectivity index (χ4n) is 2.20. The SMILES string of the molecule is Cc1cc(CNC(=O)N2CCN(CCC(=O)O)CC2)on1. The van der Waals surface area contributed by atoms with Crippen LogP contribution in [-0.2, 0) is 11.3 Å². The zero-order chi connectivity index (χ0) is 15.2. The summed E-state index contributed by atoms with van der Waals surface area (Å²) in [6.07, 6.45) is 0.136. The number of rotatable bonds is 5. The van der Waals surface area contributed by atoms with E-state index in [1.54, 1.807) is 11.0 Å². The van der Waals surface area contributed by atoms with Crippen molar-refractivity contribution >= 4 is 12.0 Å². The van der Waals surface area contributed by atoms with Crippen LogP contribution in [-0.4, -0.2) is 64.8 Å². The molecular formula is C13H20N4O4. The predicted molar refractivity (Wildman–Crippen MR) is 73.7 cm³/mol. The summed E-state index contributed by atoms with van der Waals surface area (Å²) in [7, 11) is 0. The maximum atomic E-state index is 12.0. The average molecular weight is 296 g/mol. The van der Waals surface area contributed by atoms with Crippen LogP contribution in [0, 0.1) is 6.92 Å². The Morgan fingerprint density at radius 3 is 2.67 bits per heavy atom. The molecule has 21 heavy (non-hydrogen) atoms. The minimum atomic E-state index is -0.794. The number of carboxylic acid groups (broad SMARTS) is 1. The molecule has 0 bridgehead atoms. The van der Waals surface area contributed by atoms with Gasteiger partial charge in [-0.05, 0) is 6.92 Å². The Balaban J connectivity index is 1.69. The fraction of sp³-hybridized carbons (Fsp3) is 0.615. The first kappa shape index (κ1) is 15.3. The Hall–Kier alpha value is -2.09. The highest BCUT2D eigenvalue weighted by Gasteiger charge is 2.21. The maximum absolute atomic E-state index is 12.0. The first-order valence-electron chi connectivity index (χ1n) is 6.93. The molecule has 0 radical (unpaired) electrons. The summed E-state index contributed by atoms with van der Waals surface area (Å²) in [5.41, 5.74) is 0.784. The van der Waals surface area contributed by atoms with Crippen molar-refractivity contribution in [1.82, 2.24) is 20.3 Å². The van der Waals surface area contributed by atoms with Gasteiger partial charge in [-0.3, -0.25) is 9.69 Å². The number of hydrogen-bond donors (Lipinski definition) is 2. The monoisotopic (exact) mass is 296 g/mol. The number of nitrogens with one attached hydrogen (secondary N) is 1. The summed E-state index contributed by atoms with van der Waals surface area (Å²) in [5.74, 6) is -0.168. The molecule has 1 saturated heterocycles. The summed E-state index contributed by atoms with van der Waals surface area (Å²) >= 11 is 0. The molecule has 1 aromatic heterocycles. The fourth-order valence-corrected chi connectivity index (χ4v) is 2.20. The van der Waals surface area contributed by atoms with Gasteiger partial charge in [-0.1, -0.05) is 5.16 Å². The lowest BCUT2D eigenvalue weighted by molar-refractivity contribution is -0.137. The normalized spacial score (nSPS) is 16.0. The molecule has 1 fully saturated rings. The molecule has 0 atom stereocenters. The molecule has 116 valence electrons. The Kier molecular flexibility index (Phi) is 5.15. The second-order valence-electron chi connectivity index (χ2n) is 5.07. The van der Waals surface area contributed by atoms with Crippen molar-refractivity contribution in [2.75, 3.05) is 32.7 Å². The molecule has 2 N–H and O–H groups in total. The van der Waals surface area contributed by atoms with Crippen LogP contribution in [0.5, 0.6) is 0 Å². The molecule has 2 amide bonds. The highest BCUT2D eigenvalue weighted by molar-refractivity contribution is 5.74. The van der Waals surface area contributed by atoms with Gasteiger partial charge in [0.1, 0.15) is 0 Å². The first-order valence-corrected chi connectivity index (χ1v) is 6.93. The number of nitrogens with zero attached hydrogens (tertiary/aromatic N) is 3. The number of aromatic nitrogens is 1. The van der Waals surface area contributed by atoms with Crippen molar-refractivity contribution < 1.29 is 19.2 Å². The number of urea groups is 1. The number of amides is 2. The Morgan fingerprint density at radius 2 is 2.10 bits per heavy atom. The van der Waals surface area contributed by atoms with Crippen LogP contribution in [0.2, 0.25) is 0 Å². The van der Waals surface area contributed by atoms with Crippen LogP contribution in [0.3, 0.4) is 0 Å². The number of carbonyl (C=O) groups is 2. The van der Waals surface area contributed by atoms with Gasteiger partial charge in [0, 0.05) is 38.8 Å². The van der Waals surface area contributed by atoms with Gasteiger partial charge in [0.2, 0.25) is 0 Å². The molecule has 1 aromatic rings. The molecule has 8 heteroatoms. The third-order valence-electron chi connectivity index (χ3n) is 3.39. The molecular weight excluding hydrogens is 276 g/mol. The van der Waals surface area contributed by atoms with Crippen molar-refractivity contribution in [1.29, 1.82) is 0 Å². The van der Waals surface area contributed by atoms with Gasteiger partial charge in [0.25, 0.3) is 0 Å². The Labute approximate surface area is 122 Å². The summed E-state index contributed by atoms with van der Waals surface area (Å²) in [6, 6.07) is 1.64. The van der Waals surface area contributed by atoms with E-state index in [1.165, 1.54) is 0 Å². The number of aryl methyl sites for hydroxylation is 1. The molecule has 0 aliphatic carbocycles. The van der Waals surface area contributed by atoms with Crippen molar-refractivity contribution in [3.63, 3.8) is 0 Å². The molecule has 0 saturated carbocycles. The maximum Gasteiger partial charge on any atom is 0.317 e. The van der Waals surface area contributed by atoms with Crippen LogP contribution in [0.25, 0.3) is 0 Å². The third kappa shape index (κ3) is 4.75.